The van der Waals surface area contributed by atoms with Crippen LogP contribution in [-0.2, 0) is 6.54 Å². The van der Waals surface area contributed by atoms with Gasteiger partial charge in [0.2, 0.25) is 0 Å². The standard InChI is InChI=1S/C11H19N3O2S/c1-15-9-5-11(17-3)10(16-2)4-8(9)6-13-7-14-12/h4-5,13-14H,6-7,12H2,1-3H3. The van der Waals surface area contributed by atoms with Crippen LogP contribution in [0.4, 0.5) is 0 Å². The summed E-state index contributed by atoms with van der Waals surface area (Å²) in [4.78, 5) is 1.06. The number of rotatable bonds is 7. The lowest BCUT2D eigenvalue weighted by atomic mass is 10.2. The Balaban J connectivity index is 2.93. The summed E-state index contributed by atoms with van der Waals surface area (Å²) in [5.74, 6) is 6.90. The third-order valence-corrected chi connectivity index (χ3v) is 3.09. The van der Waals surface area contributed by atoms with Gasteiger partial charge < -0.3 is 9.47 Å². The van der Waals surface area contributed by atoms with Gasteiger partial charge in [-0.05, 0) is 18.4 Å². The van der Waals surface area contributed by atoms with Crippen LogP contribution in [0.5, 0.6) is 11.5 Å². The monoisotopic (exact) mass is 257 g/mol. The summed E-state index contributed by atoms with van der Waals surface area (Å²) in [6, 6.07) is 3.96. The van der Waals surface area contributed by atoms with Crippen LogP contribution in [0.25, 0.3) is 0 Å². The van der Waals surface area contributed by atoms with Crippen LogP contribution in [0.2, 0.25) is 0 Å². The van der Waals surface area contributed by atoms with E-state index in [-0.39, 0.29) is 0 Å². The normalized spacial score (nSPS) is 10.4. The number of thioether (sulfide) groups is 1. The molecule has 0 amide bonds. The first-order chi connectivity index (χ1) is 8.26. The minimum atomic E-state index is 0.537. The first-order valence-electron chi connectivity index (χ1n) is 5.19. The quantitative estimate of drug-likeness (QED) is 0.222. The van der Waals surface area contributed by atoms with Gasteiger partial charge in [0.1, 0.15) is 11.5 Å². The molecule has 5 nitrogen and oxygen atoms in total. The predicted molar refractivity (Wildman–Crippen MR) is 70.4 cm³/mol. The minimum absolute atomic E-state index is 0.537. The SMILES string of the molecule is COc1cc(SC)c(OC)cc1CNCNN. The Morgan fingerprint density at radius 1 is 1.24 bits per heavy atom. The number of nitrogens with two attached hydrogens (primary N) is 1. The van der Waals surface area contributed by atoms with Crippen LogP contribution in [0, 0.1) is 0 Å². The van der Waals surface area contributed by atoms with Gasteiger partial charge in [-0.15, -0.1) is 11.8 Å². The largest absolute Gasteiger partial charge is 0.496 e. The van der Waals surface area contributed by atoms with Crippen LogP contribution in [0.1, 0.15) is 5.56 Å². The number of benzene rings is 1. The Morgan fingerprint density at radius 2 is 1.94 bits per heavy atom. The number of methoxy groups -OCH3 is 2. The second-order valence-corrected chi connectivity index (χ2v) is 4.17. The van der Waals surface area contributed by atoms with Gasteiger partial charge >= 0.3 is 0 Å². The van der Waals surface area contributed by atoms with Crippen molar-refractivity contribution in [3.8, 4) is 11.5 Å². The lowest BCUT2D eigenvalue weighted by molar-refractivity contribution is 0.389. The molecule has 4 N–H and O–H groups in total. The van der Waals surface area contributed by atoms with Crippen molar-refractivity contribution in [3.63, 3.8) is 0 Å². The Morgan fingerprint density at radius 3 is 2.47 bits per heavy atom. The molecule has 0 saturated carbocycles. The topological polar surface area (TPSA) is 68.5 Å². The third kappa shape index (κ3) is 3.78. The zero-order chi connectivity index (χ0) is 12.7. The molecule has 0 unspecified atom stereocenters. The fourth-order valence-corrected chi connectivity index (χ4v) is 2.07. The molecule has 0 atom stereocenters. The summed E-state index contributed by atoms with van der Waals surface area (Å²) in [5.41, 5.74) is 3.58. The zero-order valence-electron chi connectivity index (χ0n) is 10.4. The van der Waals surface area contributed by atoms with Crippen LogP contribution in [0.3, 0.4) is 0 Å². The molecule has 1 aromatic rings. The molecule has 1 rings (SSSR count). The summed E-state index contributed by atoms with van der Waals surface area (Å²) < 4.78 is 10.7. The van der Waals surface area contributed by atoms with E-state index in [0.29, 0.717) is 13.2 Å². The predicted octanol–water partition coefficient (Wildman–Crippen LogP) is 0.936. The van der Waals surface area contributed by atoms with E-state index in [1.54, 1.807) is 26.0 Å². The maximum absolute atomic E-state index is 5.36. The second-order valence-electron chi connectivity index (χ2n) is 3.33. The van der Waals surface area contributed by atoms with Crippen molar-refractivity contribution in [1.82, 2.24) is 10.7 Å². The van der Waals surface area contributed by atoms with Crippen LogP contribution in [-0.4, -0.2) is 27.1 Å². The molecule has 0 spiro atoms. The molecule has 0 aromatic heterocycles. The van der Waals surface area contributed by atoms with Gasteiger partial charge in [-0.1, -0.05) is 0 Å². The van der Waals surface area contributed by atoms with Gasteiger partial charge in [0.25, 0.3) is 0 Å². The van der Waals surface area contributed by atoms with E-state index in [1.807, 2.05) is 18.4 Å². The van der Waals surface area contributed by atoms with Crippen molar-refractivity contribution in [2.24, 2.45) is 5.84 Å². The van der Waals surface area contributed by atoms with Crippen LogP contribution in [0.15, 0.2) is 17.0 Å². The summed E-state index contributed by atoms with van der Waals surface area (Å²) >= 11 is 1.63. The maximum Gasteiger partial charge on any atom is 0.132 e. The molecule has 0 aliphatic carbocycles. The van der Waals surface area contributed by atoms with E-state index < -0.39 is 0 Å². The number of hydrogen-bond acceptors (Lipinski definition) is 6. The van der Waals surface area contributed by atoms with E-state index in [1.165, 1.54) is 0 Å². The van der Waals surface area contributed by atoms with Crippen molar-refractivity contribution < 1.29 is 9.47 Å². The van der Waals surface area contributed by atoms with Gasteiger partial charge in [-0.25, -0.2) is 5.43 Å². The van der Waals surface area contributed by atoms with Crippen molar-refractivity contribution in [1.29, 1.82) is 0 Å². The van der Waals surface area contributed by atoms with Crippen LogP contribution < -0.4 is 26.1 Å². The number of ether oxygens (including phenoxy) is 2. The van der Waals surface area contributed by atoms with Crippen molar-refractivity contribution >= 4 is 11.8 Å². The van der Waals surface area contributed by atoms with Crippen molar-refractivity contribution in [2.45, 2.75) is 11.4 Å². The van der Waals surface area contributed by atoms with Crippen molar-refractivity contribution in [2.75, 3.05) is 27.1 Å². The fourth-order valence-electron chi connectivity index (χ4n) is 1.50. The first kappa shape index (κ1) is 14.1. The molecule has 0 aliphatic heterocycles. The Kier molecular flexibility index (Phi) is 6.13. The van der Waals surface area contributed by atoms with E-state index in [0.717, 1.165) is 22.0 Å². The van der Waals surface area contributed by atoms with Crippen molar-refractivity contribution in [3.05, 3.63) is 17.7 Å². The third-order valence-electron chi connectivity index (χ3n) is 2.33. The number of hydrogen-bond donors (Lipinski definition) is 3. The summed E-state index contributed by atoms with van der Waals surface area (Å²) in [7, 11) is 3.33. The van der Waals surface area contributed by atoms with Crippen LogP contribution >= 0.6 is 11.8 Å². The molecule has 0 radical (unpaired) electrons. The van der Waals surface area contributed by atoms with Gasteiger partial charge in [0.05, 0.1) is 25.8 Å². The summed E-state index contributed by atoms with van der Waals surface area (Å²) in [5, 5.41) is 3.14. The highest BCUT2D eigenvalue weighted by atomic mass is 32.2. The molecule has 6 heteroatoms. The molecule has 0 aliphatic rings. The molecule has 96 valence electrons. The van der Waals surface area contributed by atoms with E-state index in [9.17, 15) is 0 Å². The van der Waals surface area contributed by atoms with E-state index in [4.69, 9.17) is 15.3 Å². The lowest BCUT2D eigenvalue weighted by Gasteiger charge is -2.14. The Bertz CT molecular complexity index is 361. The second kappa shape index (κ2) is 7.39. The molecule has 0 bridgehead atoms. The fraction of sp³-hybridized carbons (Fsp3) is 0.455. The maximum atomic E-state index is 5.36. The highest BCUT2D eigenvalue weighted by Crippen LogP contribution is 2.34. The highest BCUT2D eigenvalue weighted by Gasteiger charge is 2.10. The van der Waals surface area contributed by atoms with Gasteiger partial charge in [-0.3, -0.25) is 11.2 Å². The number of nitrogens with one attached hydrogen (secondary N) is 2. The van der Waals surface area contributed by atoms with Gasteiger partial charge in [0.15, 0.2) is 0 Å². The highest BCUT2D eigenvalue weighted by molar-refractivity contribution is 7.98. The molecule has 17 heavy (non-hydrogen) atoms. The lowest BCUT2D eigenvalue weighted by Crippen LogP contribution is -2.33. The molecular weight excluding hydrogens is 238 g/mol. The van der Waals surface area contributed by atoms with E-state index in [2.05, 4.69) is 10.7 Å². The smallest absolute Gasteiger partial charge is 0.132 e. The van der Waals surface area contributed by atoms with Gasteiger partial charge in [-0.2, -0.15) is 0 Å². The van der Waals surface area contributed by atoms with E-state index >= 15 is 0 Å². The summed E-state index contributed by atoms with van der Waals surface area (Å²) in [6.45, 7) is 1.20. The first-order valence-corrected chi connectivity index (χ1v) is 6.42. The average Bonchev–Trinajstić information content (AvgIpc) is 2.38. The Labute approximate surface area is 106 Å². The Hall–Kier alpha value is -0.950. The average molecular weight is 257 g/mol. The van der Waals surface area contributed by atoms with Gasteiger partial charge in [0, 0.05) is 12.1 Å². The molecular formula is C11H19N3O2S. The molecule has 0 saturated heterocycles. The minimum Gasteiger partial charge on any atom is -0.496 e. The zero-order valence-corrected chi connectivity index (χ0v) is 11.2. The molecule has 1 aromatic carbocycles. The molecule has 0 fully saturated rings. The summed E-state index contributed by atoms with van der Waals surface area (Å²) in [6.07, 6.45) is 2.01. The number of hydrazine groups is 1. The molecule has 0 heterocycles.